The largest absolute Gasteiger partial charge is 0.481 e. The van der Waals surface area contributed by atoms with Gasteiger partial charge in [-0.15, -0.1) is 0 Å². The van der Waals surface area contributed by atoms with Crippen LogP contribution in [-0.4, -0.2) is 59.5 Å². The summed E-state index contributed by atoms with van der Waals surface area (Å²) in [6, 6.07) is 9.74. The molecule has 1 aromatic rings. The van der Waals surface area contributed by atoms with Gasteiger partial charge in [0.25, 0.3) is 0 Å². The molecule has 1 unspecified atom stereocenters. The van der Waals surface area contributed by atoms with E-state index in [9.17, 15) is 9.59 Å². The zero-order valence-corrected chi connectivity index (χ0v) is 12.4. The van der Waals surface area contributed by atoms with Crippen molar-refractivity contribution < 1.29 is 14.7 Å². The molecule has 1 aromatic carbocycles. The van der Waals surface area contributed by atoms with Crippen LogP contribution >= 0.6 is 0 Å². The molecule has 0 spiro atoms. The highest BCUT2D eigenvalue weighted by atomic mass is 16.4. The fourth-order valence-electron chi connectivity index (χ4n) is 2.53. The summed E-state index contributed by atoms with van der Waals surface area (Å²) in [7, 11) is 0. The second-order valence-electron chi connectivity index (χ2n) is 5.58. The maximum Gasteiger partial charge on any atom is 0.307 e. The lowest BCUT2D eigenvalue weighted by molar-refractivity contribution is -0.142. The van der Waals surface area contributed by atoms with Gasteiger partial charge in [0.05, 0.1) is 12.3 Å². The molecule has 1 saturated heterocycles. The molecule has 2 rings (SSSR count). The van der Waals surface area contributed by atoms with Gasteiger partial charge in [0.1, 0.15) is 0 Å². The summed E-state index contributed by atoms with van der Waals surface area (Å²) in [5.74, 6) is -0.985. The molecule has 114 valence electrons. The topological polar surface area (TPSA) is 60.9 Å². The van der Waals surface area contributed by atoms with Gasteiger partial charge in [0.2, 0.25) is 5.91 Å². The van der Waals surface area contributed by atoms with Crippen LogP contribution in [0.1, 0.15) is 12.5 Å². The van der Waals surface area contributed by atoms with E-state index >= 15 is 0 Å². The van der Waals surface area contributed by atoms with Gasteiger partial charge < -0.3 is 10.0 Å². The van der Waals surface area contributed by atoms with Crippen molar-refractivity contribution in [2.45, 2.75) is 13.3 Å². The minimum absolute atomic E-state index is 0.145. The molecule has 1 heterocycles. The molecule has 0 aliphatic carbocycles. The molecule has 0 radical (unpaired) electrons. The molecule has 1 aliphatic heterocycles. The molecule has 21 heavy (non-hydrogen) atoms. The number of rotatable bonds is 5. The summed E-state index contributed by atoms with van der Waals surface area (Å²) < 4.78 is 0. The van der Waals surface area contributed by atoms with Gasteiger partial charge in [-0.3, -0.25) is 14.5 Å². The minimum Gasteiger partial charge on any atom is -0.481 e. The predicted octanol–water partition coefficient (Wildman–Crippen LogP) is 1.09. The summed E-state index contributed by atoms with van der Waals surface area (Å²) in [5, 5.41) is 8.93. The zero-order valence-electron chi connectivity index (χ0n) is 12.4. The van der Waals surface area contributed by atoms with Crippen LogP contribution < -0.4 is 0 Å². The third-order valence-electron chi connectivity index (χ3n) is 3.88. The first-order valence-corrected chi connectivity index (χ1v) is 7.33. The van der Waals surface area contributed by atoms with E-state index in [2.05, 4.69) is 4.90 Å². The quantitative estimate of drug-likeness (QED) is 0.882. The Kier molecular flexibility index (Phi) is 5.33. The smallest absolute Gasteiger partial charge is 0.307 e. The summed E-state index contributed by atoms with van der Waals surface area (Å²) in [5.41, 5.74) is 1.03. The van der Waals surface area contributed by atoms with Gasteiger partial charge in [-0.05, 0) is 5.56 Å². The number of piperazine rings is 1. The normalized spacial score (nSPS) is 17.5. The van der Waals surface area contributed by atoms with Gasteiger partial charge in [0.15, 0.2) is 0 Å². The van der Waals surface area contributed by atoms with Crippen LogP contribution in [0, 0.1) is 5.92 Å². The molecule has 0 bridgehead atoms. The number of aliphatic carboxylic acids is 1. The number of carbonyl (C=O) groups excluding carboxylic acids is 1. The molecular weight excluding hydrogens is 268 g/mol. The second kappa shape index (κ2) is 7.22. The molecule has 1 atom stereocenters. The number of amides is 1. The molecule has 5 nitrogen and oxygen atoms in total. The Morgan fingerprint density at radius 1 is 1.14 bits per heavy atom. The van der Waals surface area contributed by atoms with E-state index in [0.29, 0.717) is 26.1 Å². The van der Waals surface area contributed by atoms with Crippen LogP contribution in [0.25, 0.3) is 0 Å². The first kappa shape index (κ1) is 15.5. The number of hydrogen-bond acceptors (Lipinski definition) is 3. The number of carboxylic acids is 1. The summed E-state index contributed by atoms with van der Waals surface area (Å²) in [6.07, 6.45) is 0.437. The first-order valence-electron chi connectivity index (χ1n) is 7.33. The Labute approximate surface area is 125 Å². The lowest BCUT2D eigenvalue weighted by Crippen LogP contribution is -2.50. The van der Waals surface area contributed by atoms with E-state index < -0.39 is 5.97 Å². The molecule has 1 amide bonds. The Hall–Kier alpha value is -1.88. The van der Waals surface area contributed by atoms with E-state index in [1.807, 2.05) is 35.2 Å². The number of benzene rings is 1. The second-order valence-corrected chi connectivity index (χ2v) is 5.58. The zero-order chi connectivity index (χ0) is 15.2. The molecule has 1 aliphatic rings. The summed E-state index contributed by atoms with van der Waals surface area (Å²) >= 11 is 0. The number of carboxylic acid groups (broad SMARTS) is 1. The fourth-order valence-corrected chi connectivity index (χ4v) is 2.53. The third-order valence-corrected chi connectivity index (χ3v) is 3.88. The third kappa shape index (κ3) is 4.56. The van der Waals surface area contributed by atoms with Crippen molar-refractivity contribution in [2.75, 3.05) is 32.7 Å². The van der Waals surface area contributed by atoms with Crippen molar-refractivity contribution in [3.63, 3.8) is 0 Å². The molecule has 5 heteroatoms. The average molecular weight is 290 g/mol. The van der Waals surface area contributed by atoms with Gasteiger partial charge in [-0.2, -0.15) is 0 Å². The van der Waals surface area contributed by atoms with E-state index in [1.54, 1.807) is 6.92 Å². The van der Waals surface area contributed by atoms with Crippen LogP contribution in [0.2, 0.25) is 0 Å². The van der Waals surface area contributed by atoms with Crippen molar-refractivity contribution in [1.29, 1.82) is 0 Å². The van der Waals surface area contributed by atoms with E-state index in [0.717, 1.165) is 18.7 Å². The molecule has 1 fully saturated rings. The van der Waals surface area contributed by atoms with Gasteiger partial charge >= 0.3 is 5.97 Å². The van der Waals surface area contributed by atoms with Crippen molar-refractivity contribution in [2.24, 2.45) is 5.92 Å². The lowest BCUT2D eigenvalue weighted by atomic mass is 10.1. The fraction of sp³-hybridized carbons (Fsp3) is 0.500. The molecular formula is C16H22N2O3. The number of hydrogen-bond donors (Lipinski definition) is 1. The predicted molar refractivity (Wildman–Crippen MR) is 80.0 cm³/mol. The highest BCUT2D eigenvalue weighted by Gasteiger charge is 2.23. The van der Waals surface area contributed by atoms with Crippen LogP contribution in [0.15, 0.2) is 30.3 Å². The molecule has 1 N–H and O–H groups in total. The Morgan fingerprint density at radius 3 is 2.33 bits per heavy atom. The first-order chi connectivity index (χ1) is 10.1. The monoisotopic (exact) mass is 290 g/mol. The van der Waals surface area contributed by atoms with Gasteiger partial charge in [0, 0.05) is 32.7 Å². The summed E-state index contributed by atoms with van der Waals surface area (Å²) in [4.78, 5) is 27.1. The van der Waals surface area contributed by atoms with Gasteiger partial charge in [-0.25, -0.2) is 0 Å². The van der Waals surface area contributed by atoms with Crippen LogP contribution in [-0.2, 0) is 16.0 Å². The van der Waals surface area contributed by atoms with Crippen molar-refractivity contribution in [3.8, 4) is 0 Å². The van der Waals surface area contributed by atoms with Crippen LogP contribution in [0.4, 0.5) is 0 Å². The Bertz CT molecular complexity index is 482. The van der Waals surface area contributed by atoms with Crippen molar-refractivity contribution >= 4 is 11.9 Å². The van der Waals surface area contributed by atoms with E-state index in [1.165, 1.54) is 0 Å². The van der Waals surface area contributed by atoms with Crippen LogP contribution in [0.5, 0.6) is 0 Å². The minimum atomic E-state index is -0.766. The van der Waals surface area contributed by atoms with E-state index in [-0.39, 0.29) is 11.8 Å². The highest BCUT2D eigenvalue weighted by Crippen LogP contribution is 2.09. The standard InChI is InChI=1S/C16H22N2O3/c1-13(16(20)21)12-17-7-9-18(10-8-17)15(19)11-14-5-3-2-4-6-14/h2-6,13H,7-12H2,1H3,(H,20,21). The SMILES string of the molecule is CC(CN1CCN(C(=O)Cc2ccccc2)CC1)C(=O)O. The Balaban J connectivity index is 1.78. The highest BCUT2D eigenvalue weighted by molar-refractivity contribution is 5.78. The summed E-state index contributed by atoms with van der Waals surface area (Å²) in [6.45, 7) is 5.12. The number of nitrogens with zero attached hydrogens (tertiary/aromatic N) is 2. The number of carbonyl (C=O) groups is 2. The van der Waals surface area contributed by atoms with Crippen LogP contribution in [0.3, 0.4) is 0 Å². The molecule has 0 saturated carbocycles. The van der Waals surface area contributed by atoms with Crippen molar-refractivity contribution in [1.82, 2.24) is 9.80 Å². The van der Waals surface area contributed by atoms with Crippen molar-refractivity contribution in [3.05, 3.63) is 35.9 Å². The lowest BCUT2D eigenvalue weighted by Gasteiger charge is -2.35. The average Bonchev–Trinajstić information content (AvgIpc) is 2.48. The van der Waals surface area contributed by atoms with Gasteiger partial charge in [-0.1, -0.05) is 37.3 Å². The molecule has 0 aromatic heterocycles. The maximum atomic E-state index is 12.2. The van der Waals surface area contributed by atoms with E-state index in [4.69, 9.17) is 5.11 Å². The maximum absolute atomic E-state index is 12.2. The Morgan fingerprint density at radius 2 is 1.76 bits per heavy atom.